The van der Waals surface area contributed by atoms with Gasteiger partial charge in [0.1, 0.15) is 17.2 Å². The van der Waals surface area contributed by atoms with E-state index in [1.165, 1.54) is 0 Å². The van der Waals surface area contributed by atoms with E-state index in [1.807, 2.05) is 13.8 Å². The van der Waals surface area contributed by atoms with Crippen molar-refractivity contribution in [2.45, 2.75) is 40.2 Å². The number of hydrogen-bond acceptors (Lipinski definition) is 4. The quantitative estimate of drug-likeness (QED) is 0.435. The predicted octanol–water partition coefficient (Wildman–Crippen LogP) is 3.09. The lowest BCUT2D eigenvalue weighted by molar-refractivity contribution is -0.122. The highest BCUT2D eigenvalue weighted by Crippen LogP contribution is 2.22. The molecule has 4 nitrogen and oxygen atoms in total. The van der Waals surface area contributed by atoms with Crippen molar-refractivity contribution in [3.05, 3.63) is 35.9 Å². The number of hydrogen-bond donors (Lipinski definition) is 2. The zero-order valence-corrected chi connectivity index (χ0v) is 12.3. The van der Waals surface area contributed by atoms with Gasteiger partial charge in [-0.05, 0) is 26.3 Å². The molecule has 0 aliphatic heterocycles. The molecule has 0 radical (unpaired) electrons. The molecule has 104 valence electrons. The number of rotatable bonds is 6. The van der Waals surface area contributed by atoms with Crippen LogP contribution in [0.2, 0.25) is 0 Å². The molecular weight excluding hydrogens is 230 g/mol. The van der Waals surface area contributed by atoms with Crippen molar-refractivity contribution in [1.29, 1.82) is 0 Å². The highest BCUT2D eigenvalue weighted by atomic mass is 16.5. The fraction of sp³-hybridized carbons (Fsp3) is 0.500. The number of likely N-dealkylation sites (N-methyl/N-ethyl adjacent to an activating group) is 1. The van der Waals surface area contributed by atoms with E-state index in [2.05, 4.69) is 18.5 Å². The summed E-state index contributed by atoms with van der Waals surface area (Å²) in [5, 5.41) is 12.1. The summed E-state index contributed by atoms with van der Waals surface area (Å²) in [6.45, 7) is 16.1. The summed E-state index contributed by atoms with van der Waals surface area (Å²) in [6.07, 6.45) is 0.684. The molecule has 18 heavy (non-hydrogen) atoms. The average Bonchev–Trinajstić information content (AvgIpc) is 2.30. The van der Waals surface area contributed by atoms with Gasteiger partial charge in [-0.2, -0.15) is 0 Å². The minimum Gasteiger partial charge on any atom is -0.506 e. The first-order chi connectivity index (χ1) is 8.25. The lowest BCUT2D eigenvalue weighted by Gasteiger charge is -2.24. The molecule has 0 rings (SSSR count). The van der Waals surface area contributed by atoms with Gasteiger partial charge in [0.15, 0.2) is 11.9 Å². The molecule has 0 saturated heterocycles. The average molecular weight is 255 g/mol. The number of carbonyl (C=O) groups is 1. The summed E-state index contributed by atoms with van der Waals surface area (Å²) >= 11 is 0. The van der Waals surface area contributed by atoms with Crippen LogP contribution in [-0.2, 0) is 9.53 Å². The molecule has 0 atom stereocenters. The van der Waals surface area contributed by atoms with Crippen LogP contribution in [0.5, 0.6) is 0 Å². The molecule has 0 fully saturated rings. The second-order valence-corrected chi connectivity index (χ2v) is 4.00. The molecule has 0 aliphatic rings. The molecule has 4 heteroatoms. The Bertz CT molecular complexity index is 341. The summed E-state index contributed by atoms with van der Waals surface area (Å²) in [7, 11) is 1.62. The van der Waals surface area contributed by atoms with Crippen LogP contribution in [0.15, 0.2) is 35.9 Å². The van der Waals surface area contributed by atoms with E-state index in [-0.39, 0.29) is 5.76 Å². The minimum absolute atomic E-state index is 0.165. The third kappa shape index (κ3) is 6.13. The number of carbonyl (C=O) groups excluding carboxylic acids is 1. The number of nitrogens with one attached hydrogen (secondary N) is 1. The third-order valence-corrected chi connectivity index (χ3v) is 1.80. The highest BCUT2D eigenvalue weighted by molar-refractivity contribution is 5.61. The van der Waals surface area contributed by atoms with E-state index in [9.17, 15) is 9.90 Å². The molecule has 0 unspecified atom stereocenters. The lowest BCUT2D eigenvalue weighted by Crippen LogP contribution is -2.28. The normalized spacial score (nSPS) is 11.4. The molecule has 0 aromatic heterocycles. The maximum Gasteiger partial charge on any atom is 0.162 e. The molecule has 0 bridgehead atoms. The topological polar surface area (TPSA) is 58.6 Å². The largest absolute Gasteiger partial charge is 0.506 e. The van der Waals surface area contributed by atoms with E-state index in [4.69, 9.17) is 4.74 Å². The molecule has 0 spiro atoms. The number of aldehydes is 1. The summed E-state index contributed by atoms with van der Waals surface area (Å²) in [5.74, 6) is 0.161. The van der Waals surface area contributed by atoms with Gasteiger partial charge in [-0.3, -0.25) is 4.79 Å². The van der Waals surface area contributed by atoms with E-state index >= 15 is 0 Å². The Morgan fingerprint density at radius 2 is 1.78 bits per heavy atom. The predicted molar refractivity (Wildman–Crippen MR) is 75.2 cm³/mol. The van der Waals surface area contributed by atoms with E-state index < -0.39 is 5.60 Å². The summed E-state index contributed by atoms with van der Waals surface area (Å²) < 4.78 is 5.49. The van der Waals surface area contributed by atoms with Crippen LogP contribution in [0.4, 0.5) is 0 Å². The van der Waals surface area contributed by atoms with E-state index in [0.29, 0.717) is 23.3 Å². The second kappa shape index (κ2) is 8.39. The highest BCUT2D eigenvalue weighted by Gasteiger charge is 2.23. The van der Waals surface area contributed by atoms with Gasteiger partial charge in [0.2, 0.25) is 0 Å². The van der Waals surface area contributed by atoms with Gasteiger partial charge >= 0.3 is 0 Å². The van der Waals surface area contributed by atoms with Crippen LogP contribution < -0.4 is 5.32 Å². The summed E-state index contributed by atoms with van der Waals surface area (Å²) in [5.41, 5.74) is -0.0665. The van der Waals surface area contributed by atoms with E-state index in [1.54, 1.807) is 27.8 Å². The Balaban J connectivity index is 0. The Labute approximate surface area is 110 Å². The Hall–Kier alpha value is -1.71. The molecule has 0 amide bonds. The van der Waals surface area contributed by atoms with Crippen LogP contribution in [0, 0.1) is 0 Å². The first kappa shape index (κ1) is 18.6. The molecule has 0 heterocycles. The van der Waals surface area contributed by atoms with Crippen LogP contribution in [0.25, 0.3) is 0 Å². The zero-order valence-electron chi connectivity index (χ0n) is 12.3. The van der Waals surface area contributed by atoms with Gasteiger partial charge in [0, 0.05) is 7.05 Å². The van der Waals surface area contributed by atoms with Crippen molar-refractivity contribution in [2.24, 2.45) is 0 Å². The smallest absolute Gasteiger partial charge is 0.162 e. The van der Waals surface area contributed by atoms with Crippen LogP contribution >= 0.6 is 0 Å². The van der Waals surface area contributed by atoms with Crippen LogP contribution in [0.1, 0.15) is 34.6 Å². The van der Waals surface area contributed by atoms with Gasteiger partial charge in [0.25, 0.3) is 0 Å². The van der Waals surface area contributed by atoms with E-state index in [0.717, 1.165) is 0 Å². The minimum atomic E-state index is -0.980. The standard InChI is InChI=1S/C12H19NO3.C2H6/c1-8(2)11(10(13-6)9(3)15)16-12(4,5)7-14;1-2/h7,13,15H,1,3H2,2,4-6H3;1-2H3/b11-10-;. The number of aliphatic hydroxyl groups excluding tert-OH is 1. The first-order valence-electron chi connectivity index (χ1n) is 5.86. The first-order valence-corrected chi connectivity index (χ1v) is 5.86. The fourth-order valence-electron chi connectivity index (χ4n) is 1.03. The zero-order chi connectivity index (χ0) is 14.9. The van der Waals surface area contributed by atoms with Crippen molar-refractivity contribution < 1.29 is 14.6 Å². The Morgan fingerprint density at radius 3 is 2.00 bits per heavy atom. The SMILES string of the molecule is C=C(O)/C(NC)=C(/OC(C)(C)C=O)C(=C)C.CC. The number of ether oxygens (including phenoxy) is 1. The Kier molecular flexibility index (Phi) is 8.69. The Morgan fingerprint density at radius 1 is 1.33 bits per heavy atom. The molecule has 0 aromatic carbocycles. The summed E-state index contributed by atoms with van der Waals surface area (Å²) in [4.78, 5) is 10.8. The third-order valence-electron chi connectivity index (χ3n) is 1.80. The fourth-order valence-corrected chi connectivity index (χ4v) is 1.03. The second-order valence-electron chi connectivity index (χ2n) is 4.00. The molecule has 0 aliphatic carbocycles. The lowest BCUT2D eigenvalue weighted by atomic mass is 10.1. The molecule has 0 aromatic rings. The monoisotopic (exact) mass is 255 g/mol. The van der Waals surface area contributed by atoms with Crippen LogP contribution in [-0.4, -0.2) is 24.0 Å². The number of aliphatic hydroxyl groups is 1. The van der Waals surface area contributed by atoms with Crippen molar-refractivity contribution >= 4 is 6.29 Å². The van der Waals surface area contributed by atoms with Crippen molar-refractivity contribution in [3.8, 4) is 0 Å². The molecule has 0 saturated carbocycles. The van der Waals surface area contributed by atoms with Gasteiger partial charge in [-0.15, -0.1) is 0 Å². The molecule has 2 N–H and O–H groups in total. The van der Waals surface area contributed by atoms with Gasteiger partial charge in [-0.1, -0.05) is 27.0 Å². The van der Waals surface area contributed by atoms with Gasteiger partial charge < -0.3 is 15.2 Å². The van der Waals surface area contributed by atoms with Gasteiger partial charge in [-0.25, -0.2) is 0 Å². The van der Waals surface area contributed by atoms with Crippen LogP contribution in [0.3, 0.4) is 0 Å². The number of allylic oxidation sites excluding steroid dienone is 1. The maximum absolute atomic E-state index is 10.8. The van der Waals surface area contributed by atoms with Crippen molar-refractivity contribution in [3.63, 3.8) is 0 Å². The van der Waals surface area contributed by atoms with Crippen molar-refractivity contribution in [2.75, 3.05) is 7.05 Å². The summed E-state index contributed by atoms with van der Waals surface area (Å²) in [6, 6.07) is 0. The maximum atomic E-state index is 10.8. The van der Waals surface area contributed by atoms with Gasteiger partial charge in [0.05, 0.1) is 0 Å². The van der Waals surface area contributed by atoms with Crippen molar-refractivity contribution in [1.82, 2.24) is 5.32 Å². The molecular formula is C14H25NO3.